The van der Waals surface area contributed by atoms with Crippen molar-refractivity contribution in [1.82, 2.24) is 4.90 Å². The SMILES string of the molecule is CCCCCCCCCCCCCCCCCCN(C)[C@H](C)CC(=O)O. The molecule has 26 heavy (non-hydrogen) atoms. The molecule has 0 aliphatic rings. The second kappa shape index (κ2) is 19.2. The maximum Gasteiger partial charge on any atom is 0.304 e. The zero-order valence-electron chi connectivity index (χ0n) is 18.1. The Kier molecular flexibility index (Phi) is 18.8. The van der Waals surface area contributed by atoms with Crippen LogP contribution in [0.1, 0.15) is 123 Å². The van der Waals surface area contributed by atoms with Crippen molar-refractivity contribution in [2.75, 3.05) is 13.6 Å². The molecule has 3 nitrogen and oxygen atoms in total. The van der Waals surface area contributed by atoms with E-state index in [9.17, 15) is 4.79 Å². The quantitative estimate of drug-likeness (QED) is 0.234. The van der Waals surface area contributed by atoms with Gasteiger partial charge in [0.1, 0.15) is 0 Å². The van der Waals surface area contributed by atoms with Crippen molar-refractivity contribution < 1.29 is 9.90 Å². The van der Waals surface area contributed by atoms with Crippen molar-refractivity contribution in [3.8, 4) is 0 Å². The first kappa shape index (κ1) is 25.4. The van der Waals surface area contributed by atoms with Gasteiger partial charge in [0.2, 0.25) is 0 Å². The van der Waals surface area contributed by atoms with Crippen LogP contribution in [-0.4, -0.2) is 35.6 Å². The largest absolute Gasteiger partial charge is 0.481 e. The maximum absolute atomic E-state index is 10.7. The van der Waals surface area contributed by atoms with Crippen LogP contribution in [0.3, 0.4) is 0 Å². The van der Waals surface area contributed by atoms with Gasteiger partial charge in [0.05, 0.1) is 6.42 Å². The van der Waals surface area contributed by atoms with Crippen molar-refractivity contribution in [3.63, 3.8) is 0 Å². The van der Waals surface area contributed by atoms with E-state index >= 15 is 0 Å². The number of hydrogen-bond acceptors (Lipinski definition) is 2. The van der Waals surface area contributed by atoms with Crippen LogP contribution in [0, 0.1) is 0 Å². The molecule has 0 heterocycles. The maximum atomic E-state index is 10.7. The first-order valence-electron chi connectivity index (χ1n) is 11.5. The van der Waals surface area contributed by atoms with Crippen molar-refractivity contribution in [1.29, 1.82) is 0 Å². The molecule has 0 aliphatic carbocycles. The summed E-state index contributed by atoms with van der Waals surface area (Å²) in [4.78, 5) is 12.9. The van der Waals surface area contributed by atoms with Crippen LogP contribution in [0.15, 0.2) is 0 Å². The van der Waals surface area contributed by atoms with Crippen molar-refractivity contribution in [2.24, 2.45) is 0 Å². The van der Waals surface area contributed by atoms with Gasteiger partial charge in [-0.15, -0.1) is 0 Å². The number of rotatable bonds is 20. The Balaban J connectivity index is 3.19. The van der Waals surface area contributed by atoms with Crippen LogP contribution in [0.2, 0.25) is 0 Å². The van der Waals surface area contributed by atoms with Crippen LogP contribution in [0.25, 0.3) is 0 Å². The second-order valence-corrected chi connectivity index (χ2v) is 8.23. The molecule has 0 unspecified atom stereocenters. The molecule has 0 spiro atoms. The molecule has 0 fully saturated rings. The highest BCUT2D eigenvalue weighted by atomic mass is 16.4. The third-order valence-electron chi connectivity index (χ3n) is 5.59. The van der Waals surface area contributed by atoms with Gasteiger partial charge in [-0.05, 0) is 26.9 Å². The molecule has 0 aromatic rings. The number of unbranched alkanes of at least 4 members (excludes halogenated alkanes) is 15. The molecule has 0 aromatic heterocycles. The smallest absolute Gasteiger partial charge is 0.304 e. The summed E-state index contributed by atoms with van der Waals surface area (Å²) >= 11 is 0. The molecule has 0 radical (unpaired) electrons. The third-order valence-corrected chi connectivity index (χ3v) is 5.59. The molecule has 3 heteroatoms. The van der Waals surface area contributed by atoms with Crippen LogP contribution < -0.4 is 0 Å². The Bertz CT molecular complexity index is 307. The van der Waals surface area contributed by atoms with Crippen LogP contribution in [0.5, 0.6) is 0 Å². The summed E-state index contributed by atoms with van der Waals surface area (Å²) in [5.41, 5.74) is 0. The number of carboxylic acids is 1. The summed E-state index contributed by atoms with van der Waals surface area (Å²) in [6.45, 7) is 5.30. The first-order chi connectivity index (χ1) is 12.6. The fourth-order valence-electron chi connectivity index (χ4n) is 3.54. The summed E-state index contributed by atoms with van der Waals surface area (Å²) < 4.78 is 0. The average Bonchev–Trinajstić information content (AvgIpc) is 2.60. The molecule has 0 aromatic carbocycles. The summed E-state index contributed by atoms with van der Waals surface area (Å²) in [6, 6.07) is 0.142. The van der Waals surface area contributed by atoms with E-state index in [2.05, 4.69) is 11.8 Å². The average molecular weight is 370 g/mol. The molecule has 0 bridgehead atoms. The van der Waals surface area contributed by atoms with Gasteiger partial charge < -0.3 is 10.0 Å². The van der Waals surface area contributed by atoms with Crippen LogP contribution in [-0.2, 0) is 4.79 Å². The van der Waals surface area contributed by atoms with E-state index < -0.39 is 5.97 Å². The van der Waals surface area contributed by atoms with Crippen molar-refractivity contribution in [3.05, 3.63) is 0 Å². The van der Waals surface area contributed by atoms with Gasteiger partial charge in [-0.25, -0.2) is 0 Å². The Morgan fingerprint density at radius 2 is 1.08 bits per heavy atom. The summed E-state index contributed by atoms with van der Waals surface area (Å²) in [7, 11) is 2.04. The van der Waals surface area contributed by atoms with E-state index in [0.29, 0.717) is 0 Å². The highest BCUT2D eigenvalue weighted by Crippen LogP contribution is 2.14. The van der Waals surface area contributed by atoms with Crippen LogP contribution in [0.4, 0.5) is 0 Å². The van der Waals surface area contributed by atoms with Gasteiger partial charge in [-0.3, -0.25) is 4.79 Å². The van der Waals surface area contributed by atoms with E-state index in [1.54, 1.807) is 0 Å². The van der Waals surface area contributed by atoms with Gasteiger partial charge in [0.15, 0.2) is 0 Å². The zero-order valence-corrected chi connectivity index (χ0v) is 18.1. The van der Waals surface area contributed by atoms with Gasteiger partial charge in [0.25, 0.3) is 0 Å². The number of carboxylic acid groups (broad SMARTS) is 1. The lowest BCUT2D eigenvalue weighted by molar-refractivity contribution is -0.138. The number of nitrogens with zero attached hydrogens (tertiary/aromatic N) is 1. The van der Waals surface area contributed by atoms with Gasteiger partial charge in [0, 0.05) is 6.04 Å². The zero-order chi connectivity index (χ0) is 19.5. The minimum absolute atomic E-state index is 0.142. The first-order valence-corrected chi connectivity index (χ1v) is 11.5. The molecule has 0 saturated carbocycles. The molecule has 0 rings (SSSR count). The number of aliphatic carboxylic acids is 1. The minimum atomic E-state index is -0.698. The molecular formula is C23H47NO2. The minimum Gasteiger partial charge on any atom is -0.481 e. The molecule has 1 N–H and O–H groups in total. The Morgan fingerprint density at radius 1 is 0.731 bits per heavy atom. The van der Waals surface area contributed by atoms with E-state index in [1.807, 2.05) is 14.0 Å². The topological polar surface area (TPSA) is 40.5 Å². The highest BCUT2D eigenvalue weighted by Gasteiger charge is 2.12. The summed E-state index contributed by atoms with van der Waals surface area (Å²) in [5.74, 6) is -0.698. The summed E-state index contributed by atoms with van der Waals surface area (Å²) in [6.07, 6.45) is 22.5. The second-order valence-electron chi connectivity index (χ2n) is 8.23. The lowest BCUT2D eigenvalue weighted by Gasteiger charge is -2.23. The lowest BCUT2D eigenvalue weighted by Crippen LogP contribution is -2.31. The normalized spacial score (nSPS) is 12.6. The fraction of sp³-hybridized carbons (Fsp3) is 0.957. The van der Waals surface area contributed by atoms with E-state index in [1.165, 1.54) is 103 Å². The molecule has 0 aliphatic heterocycles. The highest BCUT2D eigenvalue weighted by molar-refractivity contribution is 5.67. The standard InChI is InChI=1S/C23H47NO2/c1-4-5-6-7-8-9-10-11-12-13-14-15-16-17-18-19-20-24(3)22(2)21-23(25)26/h22H,4-21H2,1-3H3,(H,25,26)/t22-/m1/s1. The lowest BCUT2D eigenvalue weighted by atomic mass is 10.0. The van der Waals surface area contributed by atoms with Gasteiger partial charge in [-0.2, -0.15) is 0 Å². The van der Waals surface area contributed by atoms with Gasteiger partial charge >= 0.3 is 5.97 Å². The Morgan fingerprint density at radius 3 is 1.42 bits per heavy atom. The van der Waals surface area contributed by atoms with Crippen molar-refractivity contribution in [2.45, 2.75) is 129 Å². The monoisotopic (exact) mass is 369 g/mol. The molecule has 156 valence electrons. The van der Waals surface area contributed by atoms with Crippen LogP contribution >= 0.6 is 0 Å². The third kappa shape index (κ3) is 18.2. The molecule has 0 saturated heterocycles. The molecule has 0 amide bonds. The van der Waals surface area contributed by atoms with Gasteiger partial charge in [-0.1, -0.05) is 103 Å². The molecule has 1 atom stereocenters. The number of carbonyl (C=O) groups is 1. The van der Waals surface area contributed by atoms with Crippen molar-refractivity contribution >= 4 is 5.97 Å². The predicted molar refractivity (Wildman–Crippen MR) is 114 cm³/mol. The van der Waals surface area contributed by atoms with E-state index in [-0.39, 0.29) is 12.5 Å². The molecular weight excluding hydrogens is 322 g/mol. The summed E-state index contributed by atoms with van der Waals surface area (Å²) in [5, 5.41) is 8.82. The van der Waals surface area contributed by atoms with E-state index in [0.717, 1.165) is 6.54 Å². The Hall–Kier alpha value is -0.570. The fourth-order valence-corrected chi connectivity index (χ4v) is 3.54. The van der Waals surface area contributed by atoms with E-state index in [4.69, 9.17) is 5.11 Å². The number of hydrogen-bond donors (Lipinski definition) is 1. The predicted octanol–water partition coefficient (Wildman–Crippen LogP) is 7.04. The Labute approximate surface area is 163 Å².